The number of ether oxygens (including phenoxy) is 1. The van der Waals surface area contributed by atoms with Gasteiger partial charge in [-0.05, 0) is 50.4 Å². The number of hydrogen-bond donors (Lipinski definition) is 2. The second-order valence-electron chi connectivity index (χ2n) is 8.54. The van der Waals surface area contributed by atoms with Crippen LogP contribution < -0.4 is 15.7 Å². The van der Waals surface area contributed by atoms with E-state index in [2.05, 4.69) is 10.2 Å². The van der Waals surface area contributed by atoms with Crippen molar-refractivity contribution in [3.63, 3.8) is 0 Å². The smallest absolute Gasteiger partial charge is 0.329 e. The summed E-state index contributed by atoms with van der Waals surface area (Å²) in [7, 11) is 1.65. The van der Waals surface area contributed by atoms with Crippen LogP contribution in [0.5, 0.6) is 5.75 Å². The van der Waals surface area contributed by atoms with Crippen molar-refractivity contribution in [2.75, 3.05) is 26.2 Å². The highest BCUT2D eigenvalue weighted by molar-refractivity contribution is 6.00. The molecule has 2 aliphatic rings. The first kappa shape index (κ1) is 22.1. The monoisotopic (exact) mass is 444 g/mol. The fourth-order valence-corrected chi connectivity index (χ4v) is 4.59. The van der Waals surface area contributed by atoms with Gasteiger partial charge in [0.2, 0.25) is 11.8 Å². The van der Waals surface area contributed by atoms with Crippen molar-refractivity contribution in [3.8, 4) is 5.75 Å². The first-order valence-electron chi connectivity index (χ1n) is 11.0. The summed E-state index contributed by atoms with van der Waals surface area (Å²) in [6.45, 7) is 2.76. The molecule has 0 bridgehead atoms. The zero-order valence-corrected chi connectivity index (χ0v) is 18.1. The number of likely N-dealkylation sites (tertiary alicyclic amines) is 1. The largest absolute Gasteiger partial charge is 0.491 e. The molecule has 2 N–H and O–H groups in total. The Morgan fingerprint density at radius 2 is 1.94 bits per heavy atom. The zero-order chi connectivity index (χ0) is 22.8. The molecule has 0 spiro atoms. The number of carbonyl (C=O) groups is 3. The zero-order valence-electron chi connectivity index (χ0n) is 18.1. The maximum atomic E-state index is 13.0. The van der Waals surface area contributed by atoms with Crippen molar-refractivity contribution < 1.29 is 24.2 Å². The summed E-state index contributed by atoms with van der Waals surface area (Å²) in [6.07, 6.45) is 2.48. The number of imide groups is 1. The highest BCUT2D eigenvalue weighted by Crippen LogP contribution is 2.29. The first-order chi connectivity index (χ1) is 15.3. The quantitative estimate of drug-likeness (QED) is 0.608. The third-order valence-electron chi connectivity index (χ3n) is 6.41. The van der Waals surface area contributed by atoms with Gasteiger partial charge in [0.05, 0.1) is 18.5 Å². The van der Waals surface area contributed by atoms with E-state index in [0.717, 1.165) is 25.9 Å². The number of benzene rings is 1. The van der Waals surface area contributed by atoms with Crippen molar-refractivity contribution in [2.45, 2.75) is 38.1 Å². The molecule has 10 nitrogen and oxygen atoms in total. The van der Waals surface area contributed by atoms with Crippen LogP contribution in [0.4, 0.5) is 0 Å². The molecule has 172 valence electrons. The van der Waals surface area contributed by atoms with Gasteiger partial charge in [0.15, 0.2) is 0 Å². The molecule has 2 fully saturated rings. The van der Waals surface area contributed by atoms with E-state index in [0.29, 0.717) is 35.9 Å². The second kappa shape index (κ2) is 9.15. The number of nitrogens with one attached hydrogen (secondary N) is 1. The summed E-state index contributed by atoms with van der Waals surface area (Å²) in [6, 6.07) is 4.68. The van der Waals surface area contributed by atoms with Gasteiger partial charge in [-0.1, -0.05) is 6.07 Å². The molecule has 2 saturated heterocycles. The lowest BCUT2D eigenvalue weighted by Crippen LogP contribution is -2.44. The number of imidazole rings is 1. The Hall–Kier alpha value is -3.14. The molecule has 0 aliphatic carbocycles. The van der Waals surface area contributed by atoms with E-state index in [1.807, 2.05) is 6.07 Å². The molecule has 1 atom stereocenters. The van der Waals surface area contributed by atoms with E-state index >= 15 is 0 Å². The molecule has 1 unspecified atom stereocenters. The summed E-state index contributed by atoms with van der Waals surface area (Å²) in [5.74, 6) is -0.630. The number of amides is 2. The average Bonchev–Trinajstić information content (AvgIpc) is 3.02. The summed E-state index contributed by atoms with van der Waals surface area (Å²) in [5, 5.41) is 11.2. The highest BCUT2D eigenvalue weighted by Gasteiger charge is 2.32. The van der Waals surface area contributed by atoms with Crippen LogP contribution in [0.2, 0.25) is 0 Å². The van der Waals surface area contributed by atoms with E-state index in [4.69, 9.17) is 9.84 Å². The molecule has 4 rings (SSSR count). The number of carboxylic acids is 1. The number of carboxylic acid groups (broad SMARTS) is 1. The Balaban J connectivity index is 1.48. The Morgan fingerprint density at radius 3 is 2.62 bits per heavy atom. The van der Waals surface area contributed by atoms with Gasteiger partial charge in [-0.25, -0.2) is 4.79 Å². The van der Waals surface area contributed by atoms with Crippen LogP contribution in [0.3, 0.4) is 0 Å². The number of carbonyl (C=O) groups excluding carboxylic acids is 2. The number of aryl methyl sites for hydroxylation is 1. The molecule has 3 heterocycles. The van der Waals surface area contributed by atoms with Gasteiger partial charge >= 0.3 is 11.7 Å². The van der Waals surface area contributed by atoms with Crippen molar-refractivity contribution in [1.82, 2.24) is 19.4 Å². The lowest BCUT2D eigenvalue weighted by molar-refractivity contribution is -0.138. The Labute approximate surface area is 184 Å². The molecule has 2 aromatic rings. The van der Waals surface area contributed by atoms with Crippen LogP contribution in [0.15, 0.2) is 23.0 Å². The van der Waals surface area contributed by atoms with Crippen LogP contribution in [0, 0.1) is 5.92 Å². The van der Waals surface area contributed by atoms with Crippen molar-refractivity contribution in [1.29, 1.82) is 0 Å². The Bertz CT molecular complexity index is 1100. The standard InChI is InChI=1S/C22H28N4O6/c1-24-20-15(26(22(24)31)16-5-6-18(27)23-21(16)30)3-2-4-17(20)32-13-14-7-10-25(11-8-14)12-9-19(28)29/h2-4,14,16H,5-13H2,1H3,(H,28,29)(H,23,27,30). The summed E-state index contributed by atoms with van der Waals surface area (Å²) in [5.41, 5.74) is 0.909. The first-order valence-corrected chi connectivity index (χ1v) is 11.0. The number of aromatic nitrogens is 2. The normalized spacial score (nSPS) is 20.5. The van der Waals surface area contributed by atoms with E-state index in [-0.39, 0.29) is 30.9 Å². The Morgan fingerprint density at radius 1 is 1.19 bits per heavy atom. The van der Waals surface area contributed by atoms with Crippen LogP contribution >= 0.6 is 0 Å². The average molecular weight is 444 g/mol. The van der Waals surface area contributed by atoms with Gasteiger partial charge in [0.1, 0.15) is 17.3 Å². The Kier molecular flexibility index (Phi) is 6.31. The number of aliphatic carboxylic acids is 1. The molecule has 2 amide bonds. The minimum absolute atomic E-state index is 0.154. The highest BCUT2D eigenvalue weighted by atomic mass is 16.5. The second-order valence-corrected chi connectivity index (χ2v) is 8.54. The molecular formula is C22H28N4O6. The number of nitrogens with zero attached hydrogens (tertiary/aromatic N) is 3. The van der Waals surface area contributed by atoms with Gasteiger partial charge in [-0.3, -0.25) is 28.8 Å². The van der Waals surface area contributed by atoms with Crippen molar-refractivity contribution >= 4 is 28.8 Å². The van der Waals surface area contributed by atoms with Crippen LogP contribution in [0.1, 0.15) is 38.1 Å². The van der Waals surface area contributed by atoms with Crippen LogP contribution in [0.25, 0.3) is 11.0 Å². The van der Waals surface area contributed by atoms with Crippen molar-refractivity contribution in [2.24, 2.45) is 13.0 Å². The summed E-state index contributed by atoms with van der Waals surface area (Å²) >= 11 is 0. The molecule has 2 aliphatic heterocycles. The summed E-state index contributed by atoms with van der Waals surface area (Å²) in [4.78, 5) is 49.8. The fourth-order valence-electron chi connectivity index (χ4n) is 4.59. The predicted molar refractivity (Wildman–Crippen MR) is 116 cm³/mol. The number of rotatable bonds is 7. The van der Waals surface area contributed by atoms with Crippen LogP contribution in [-0.4, -0.2) is 63.2 Å². The minimum atomic E-state index is -0.779. The predicted octanol–water partition coefficient (Wildman–Crippen LogP) is 0.883. The maximum Gasteiger partial charge on any atom is 0.329 e. The van der Waals surface area contributed by atoms with Gasteiger partial charge in [-0.2, -0.15) is 0 Å². The number of piperidine rings is 2. The third kappa shape index (κ3) is 4.40. The molecule has 0 saturated carbocycles. The minimum Gasteiger partial charge on any atom is -0.491 e. The lowest BCUT2D eigenvalue weighted by Gasteiger charge is -2.31. The third-order valence-corrected chi connectivity index (χ3v) is 6.41. The van der Waals surface area contributed by atoms with Crippen molar-refractivity contribution in [3.05, 3.63) is 28.7 Å². The summed E-state index contributed by atoms with van der Waals surface area (Å²) < 4.78 is 9.07. The van der Waals surface area contributed by atoms with E-state index < -0.39 is 17.9 Å². The number of fused-ring (bicyclic) bond motifs is 1. The number of hydrogen-bond acceptors (Lipinski definition) is 6. The molecule has 10 heteroatoms. The molecular weight excluding hydrogens is 416 g/mol. The van der Waals surface area contributed by atoms with Gasteiger partial charge in [-0.15, -0.1) is 0 Å². The fraction of sp³-hybridized carbons (Fsp3) is 0.545. The van der Waals surface area contributed by atoms with E-state index in [1.54, 1.807) is 19.2 Å². The van der Waals surface area contributed by atoms with Gasteiger partial charge in [0, 0.05) is 20.0 Å². The van der Waals surface area contributed by atoms with E-state index in [1.165, 1.54) is 9.13 Å². The maximum absolute atomic E-state index is 13.0. The van der Waals surface area contributed by atoms with Gasteiger partial charge < -0.3 is 14.7 Å². The SMILES string of the molecule is Cn1c(=O)n(C2CCC(=O)NC2=O)c2cccc(OCC3CCN(CCC(=O)O)CC3)c21. The molecule has 1 aromatic heterocycles. The molecule has 1 aromatic carbocycles. The van der Waals surface area contributed by atoms with E-state index in [9.17, 15) is 19.2 Å². The number of para-hydroxylation sites is 1. The topological polar surface area (TPSA) is 123 Å². The molecule has 32 heavy (non-hydrogen) atoms. The van der Waals surface area contributed by atoms with Gasteiger partial charge in [0.25, 0.3) is 0 Å². The molecule has 0 radical (unpaired) electrons. The van der Waals surface area contributed by atoms with Crippen LogP contribution in [-0.2, 0) is 21.4 Å². The lowest BCUT2D eigenvalue weighted by atomic mass is 9.97.